The van der Waals surface area contributed by atoms with Gasteiger partial charge in [-0.15, -0.1) is 0 Å². The molecule has 1 aliphatic rings. The van der Waals surface area contributed by atoms with Crippen LogP contribution < -0.4 is 16.0 Å². The number of carbonyl (C=O) groups excluding carboxylic acids is 1. The number of nitrogens with zero attached hydrogens (tertiary/aromatic N) is 8. The Morgan fingerprint density at radius 1 is 1.12 bits per heavy atom. The number of pyridine rings is 2. The van der Waals surface area contributed by atoms with Gasteiger partial charge in [-0.05, 0) is 45.2 Å². The van der Waals surface area contributed by atoms with E-state index in [2.05, 4.69) is 49.0 Å². The summed E-state index contributed by atoms with van der Waals surface area (Å²) in [6, 6.07) is 9.93. The van der Waals surface area contributed by atoms with Gasteiger partial charge in [0.25, 0.3) is 5.91 Å². The number of fused-ring (bicyclic) bond motifs is 1. The van der Waals surface area contributed by atoms with Crippen LogP contribution in [0.5, 0.6) is 0 Å². The van der Waals surface area contributed by atoms with Gasteiger partial charge in [-0.25, -0.2) is 24.9 Å². The zero-order valence-electron chi connectivity index (χ0n) is 22.6. The standard InChI is InChI=1S/C28H30N10O2/c1-17-13-31-21-8-7-19(16-38(17)21)23-24(28-30-9-12-40-28)35-26(29)25(34-23)27(39)32-14-20-5-4-6-22(33-20)37-11-10-36(3)15-18(37)2/h4-9,12-13,16,18H,10-11,14-15H2,1-3H3,(H2,29,35)(H,32,39)/t18-/m1/s1. The zero-order chi connectivity index (χ0) is 27.8. The predicted octanol–water partition coefficient (Wildman–Crippen LogP) is 2.80. The van der Waals surface area contributed by atoms with E-state index in [0.29, 0.717) is 23.0 Å². The molecule has 12 heteroatoms. The molecule has 1 amide bonds. The number of piperazine rings is 1. The molecule has 0 aromatic carbocycles. The van der Waals surface area contributed by atoms with Crippen molar-refractivity contribution in [2.24, 2.45) is 0 Å². The minimum absolute atomic E-state index is 0.0107. The first-order chi connectivity index (χ1) is 19.4. The van der Waals surface area contributed by atoms with E-state index in [1.807, 2.05) is 47.9 Å². The van der Waals surface area contributed by atoms with Crippen LogP contribution >= 0.6 is 0 Å². The van der Waals surface area contributed by atoms with Crippen molar-refractivity contribution >= 4 is 23.2 Å². The van der Waals surface area contributed by atoms with Gasteiger partial charge >= 0.3 is 0 Å². The van der Waals surface area contributed by atoms with Crippen LogP contribution in [-0.4, -0.2) is 72.9 Å². The Kier molecular flexibility index (Phi) is 6.60. The van der Waals surface area contributed by atoms with E-state index in [9.17, 15) is 4.79 Å². The van der Waals surface area contributed by atoms with Crippen molar-refractivity contribution in [3.8, 4) is 22.8 Å². The highest BCUT2D eigenvalue weighted by molar-refractivity contribution is 5.97. The molecule has 1 fully saturated rings. The highest BCUT2D eigenvalue weighted by atomic mass is 16.3. The molecule has 204 valence electrons. The van der Waals surface area contributed by atoms with Crippen LogP contribution in [0, 0.1) is 6.92 Å². The van der Waals surface area contributed by atoms with Crippen LogP contribution in [0.2, 0.25) is 0 Å². The molecule has 0 unspecified atom stereocenters. The number of oxazole rings is 1. The number of nitrogens with two attached hydrogens (primary N) is 1. The molecule has 0 spiro atoms. The van der Waals surface area contributed by atoms with Crippen LogP contribution in [0.4, 0.5) is 11.6 Å². The molecule has 0 saturated carbocycles. The van der Waals surface area contributed by atoms with Gasteiger partial charge in [0.2, 0.25) is 5.89 Å². The summed E-state index contributed by atoms with van der Waals surface area (Å²) in [5.41, 5.74) is 10.2. The minimum Gasteiger partial charge on any atom is -0.443 e. The van der Waals surface area contributed by atoms with Gasteiger partial charge in [-0.3, -0.25) is 4.79 Å². The van der Waals surface area contributed by atoms with Crippen LogP contribution in [-0.2, 0) is 6.54 Å². The van der Waals surface area contributed by atoms with Crippen molar-refractivity contribution in [1.29, 1.82) is 0 Å². The Bertz CT molecular complexity index is 1680. The molecule has 0 aliphatic carbocycles. The third-order valence-corrected chi connectivity index (χ3v) is 7.08. The fourth-order valence-corrected chi connectivity index (χ4v) is 5.01. The number of hydrogen-bond donors (Lipinski definition) is 2. The van der Waals surface area contributed by atoms with E-state index in [-0.39, 0.29) is 23.9 Å². The summed E-state index contributed by atoms with van der Waals surface area (Å²) in [4.78, 5) is 40.5. The number of nitrogens with one attached hydrogen (secondary N) is 1. The number of hydrogen-bond acceptors (Lipinski definition) is 10. The van der Waals surface area contributed by atoms with Crippen LogP contribution in [0.3, 0.4) is 0 Å². The maximum absolute atomic E-state index is 13.3. The average molecular weight is 539 g/mol. The lowest BCUT2D eigenvalue weighted by Gasteiger charge is -2.39. The Morgan fingerprint density at radius 3 is 2.80 bits per heavy atom. The number of aryl methyl sites for hydroxylation is 1. The molecule has 40 heavy (non-hydrogen) atoms. The van der Waals surface area contributed by atoms with E-state index < -0.39 is 5.91 Å². The molecule has 3 N–H and O–H groups in total. The van der Waals surface area contributed by atoms with E-state index >= 15 is 0 Å². The van der Waals surface area contributed by atoms with Gasteiger partial charge in [-0.1, -0.05) is 6.07 Å². The monoisotopic (exact) mass is 538 g/mol. The molecular weight excluding hydrogens is 508 g/mol. The maximum Gasteiger partial charge on any atom is 0.274 e. The van der Waals surface area contributed by atoms with Gasteiger partial charge in [0, 0.05) is 49.3 Å². The first-order valence-electron chi connectivity index (χ1n) is 13.1. The lowest BCUT2D eigenvalue weighted by Crippen LogP contribution is -2.50. The van der Waals surface area contributed by atoms with E-state index in [1.54, 1.807) is 6.20 Å². The fraction of sp³-hybridized carbons (Fsp3) is 0.286. The fourth-order valence-electron chi connectivity index (χ4n) is 5.01. The summed E-state index contributed by atoms with van der Waals surface area (Å²) in [5.74, 6) is 0.671. The van der Waals surface area contributed by atoms with Crippen molar-refractivity contribution in [3.63, 3.8) is 0 Å². The highest BCUT2D eigenvalue weighted by Gasteiger charge is 2.24. The Labute approximate surface area is 230 Å². The SMILES string of the molecule is Cc1cnc2ccc(-c3nc(C(=O)NCc4cccc(N5CCN(C)C[C@H]5C)n4)c(N)nc3-c3ncco3)cn12. The number of nitrogen functional groups attached to an aromatic ring is 1. The molecule has 12 nitrogen and oxygen atoms in total. The number of anilines is 2. The molecular formula is C28H30N10O2. The smallest absolute Gasteiger partial charge is 0.274 e. The van der Waals surface area contributed by atoms with Gasteiger partial charge in [0.1, 0.15) is 23.4 Å². The Morgan fingerprint density at radius 2 is 2.00 bits per heavy atom. The van der Waals surface area contributed by atoms with Gasteiger partial charge < -0.3 is 29.7 Å². The second-order valence-corrected chi connectivity index (χ2v) is 10.0. The molecule has 6 rings (SSSR count). The zero-order valence-corrected chi connectivity index (χ0v) is 22.6. The number of aromatic nitrogens is 6. The summed E-state index contributed by atoms with van der Waals surface area (Å²) in [6.07, 6.45) is 6.64. The van der Waals surface area contributed by atoms with Gasteiger partial charge in [-0.2, -0.15) is 0 Å². The molecule has 1 aliphatic heterocycles. The first-order valence-corrected chi connectivity index (χ1v) is 13.1. The van der Waals surface area contributed by atoms with Crippen molar-refractivity contribution in [1.82, 2.24) is 39.5 Å². The highest BCUT2D eigenvalue weighted by Crippen LogP contribution is 2.30. The molecule has 1 saturated heterocycles. The normalized spacial score (nSPS) is 16.0. The summed E-state index contributed by atoms with van der Waals surface area (Å²) in [6.45, 7) is 7.21. The van der Waals surface area contributed by atoms with Crippen molar-refractivity contribution in [3.05, 3.63) is 72.3 Å². The second-order valence-electron chi connectivity index (χ2n) is 10.0. The average Bonchev–Trinajstić information content (AvgIpc) is 3.62. The van der Waals surface area contributed by atoms with Crippen LogP contribution in [0.25, 0.3) is 28.5 Å². The maximum atomic E-state index is 13.3. The Balaban J connectivity index is 1.28. The number of carbonyl (C=O) groups is 1. The molecule has 5 aromatic heterocycles. The molecule has 5 aromatic rings. The number of rotatable bonds is 6. The van der Waals surface area contributed by atoms with E-state index in [1.165, 1.54) is 12.5 Å². The quantitative estimate of drug-likeness (QED) is 0.331. The van der Waals surface area contributed by atoms with Gasteiger partial charge in [0.15, 0.2) is 17.2 Å². The molecule has 0 radical (unpaired) electrons. The van der Waals surface area contributed by atoms with Crippen LogP contribution in [0.15, 0.2) is 59.6 Å². The lowest BCUT2D eigenvalue weighted by atomic mass is 10.1. The van der Waals surface area contributed by atoms with Crippen molar-refractivity contribution < 1.29 is 9.21 Å². The van der Waals surface area contributed by atoms with Crippen molar-refractivity contribution in [2.75, 3.05) is 37.3 Å². The minimum atomic E-state index is -0.453. The third kappa shape index (κ3) is 4.84. The molecule has 1 atom stereocenters. The number of amides is 1. The van der Waals surface area contributed by atoms with E-state index in [0.717, 1.165) is 42.5 Å². The van der Waals surface area contributed by atoms with E-state index in [4.69, 9.17) is 15.1 Å². The number of likely N-dealkylation sites (N-methyl/N-ethyl adjacent to an activating group) is 1. The van der Waals surface area contributed by atoms with Crippen LogP contribution in [0.1, 0.15) is 28.8 Å². The third-order valence-electron chi connectivity index (χ3n) is 7.08. The first kappa shape index (κ1) is 25.4. The second kappa shape index (κ2) is 10.4. The topological polar surface area (TPSA) is 144 Å². The predicted molar refractivity (Wildman–Crippen MR) is 151 cm³/mol. The molecule has 6 heterocycles. The molecule has 0 bridgehead atoms. The summed E-state index contributed by atoms with van der Waals surface area (Å²) >= 11 is 0. The summed E-state index contributed by atoms with van der Waals surface area (Å²) in [7, 11) is 2.13. The summed E-state index contributed by atoms with van der Waals surface area (Å²) in [5, 5.41) is 2.91. The largest absolute Gasteiger partial charge is 0.443 e. The van der Waals surface area contributed by atoms with Gasteiger partial charge in [0.05, 0.1) is 18.4 Å². The summed E-state index contributed by atoms with van der Waals surface area (Å²) < 4.78 is 7.45. The number of imidazole rings is 1. The van der Waals surface area contributed by atoms with Crippen molar-refractivity contribution in [2.45, 2.75) is 26.4 Å². The lowest BCUT2D eigenvalue weighted by molar-refractivity contribution is 0.0946. The Hall–Kier alpha value is -4.84.